The Balaban J connectivity index is 1.93. The van der Waals surface area contributed by atoms with E-state index in [0.717, 1.165) is 22.6 Å². The highest BCUT2D eigenvalue weighted by Crippen LogP contribution is 2.29. The molecular formula is C20H23N5O. The summed E-state index contributed by atoms with van der Waals surface area (Å²) in [5.74, 6) is 0.371. The molecule has 6 nitrogen and oxygen atoms in total. The average Bonchev–Trinajstić information content (AvgIpc) is 3.11. The third-order valence-corrected chi connectivity index (χ3v) is 4.23. The molecular weight excluding hydrogens is 326 g/mol. The Bertz CT molecular complexity index is 871. The molecule has 0 aliphatic heterocycles. The molecule has 6 heteroatoms. The molecule has 0 fully saturated rings. The number of aromatic nitrogens is 3. The van der Waals surface area contributed by atoms with Crippen LogP contribution in [0.2, 0.25) is 0 Å². The number of nitrogens with two attached hydrogens (primary N) is 1. The number of carbonyl (C=O) groups excluding carboxylic acids is 1. The van der Waals surface area contributed by atoms with Gasteiger partial charge in [-0.2, -0.15) is 0 Å². The van der Waals surface area contributed by atoms with E-state index in [9.17, 15) is 4.79 Å². The van der Waals surface area contributed by atoms with Gasteiger partial charge in [0.25, 0.3) is 0 Å². The van der Waals surface area contributed by atoms with Crippen LogP contribution in [0.15, 0.2) is 48.7 Å². The molecule has 0 saturated heterocycles. The third kappa shape index (κ3) is 3.97. The summed E-state index contributed by atoms with van der Waals surface area (Å²) in [6.45, 7) is 4.48. The van der Waals surface area contributed by atoms with Crippen molar-refractivity contribution in [1.82, 2.24) is 20.3 Å². The van der Waals surface area contributed by atoms with Crippen LogP contribution in [0.3, 0.4) is 0 Å². The lowest BCUT2D eigenvalue weighted by atomic mass is 10.1. The van der Waals surface area contributed by atoms with E-state index in [1.165, 1.54) is 5.56 Å². The van der Waals surface area contributed by atoms with Gasteiger partial charge in [-0.05, 0) is 19.1 Å². The zero-order valence-corrected chi connectivity index (χ0v) is 15.0. The van der Waals surface area contributed by atoms with Crippen LogP contribution in [0.1, 0.15) is 18.3 Å². The molecule has 134 valence electrons. The van der Waals surface area contributed by atoms with Gasteiger partial charge >= 0.3 is 0 Å². The monoisotopic (exact) mass is 349 g/mol. The van der Waals surface area contributed by atoms with Gasteiger partial charge in [0.2, 0.25) is 5.91 Å². The van der Waals surface area contributed by atoms with Gasteiger partial charge in [-0.15, -0.1) is 0 Å². The Labute approximate surface area is 152 Å². The van der Waals surface area contributed by atoms with Crippen LogP contribution in [-0.4, -0.2) is 27.4 Å². The van der Waals surface area contributed by atoms with Crippen LogP contribution >= 0.6 is 0 Å². The number of aromatic amines is 1. The zero-order valence-electron chi connectivity index (χ0n) is 15.0. The predicted octanol–water partition coefficient (Wildman–Crippen LogP) is 2.66. The lowest BCUT2D eigenvalue weighted by molar-refractivity contribution is -0.124. The number of aryl methyl sites for hydroxylation is 1. The molecule has 1 aromatic carbocycles. The molecule has 26 heavy (non-hydrogen) atoms. The summed E-state index contributed by atoms with van der Waals surface area (Å²) in [7, 11) is 0. The number of carbonyl (C=O) groups is 1. The summed E-state index contributed by atoms with van der Waals surface area (Å²) in [4.78, 5) is 24.4. The summed E-state index contributed by atoms with van der Waals surface area (Å²) in [6, 6.07) is 13.9. The fourth-order valence-electron chi connectivity index (χ4n) is 2.57. The van der Waals surface area contributed by atoms with Gasteiger partial charge in [0.15, 0.2) is 0 Å². The van der Waals surface area contributed by atoms with Gasteiger partial charge in [0.1, 0.15) is 5.82 Å². The molecule has 4 N–H and O–H groups in total. The molecule has 1 unspecified atom stereocenters. The van der Waals surface area contributed by atoms with Gasteiger partial charge in [-0.1, -0.05) is 42.8 Å². The summed E-state index contributed by atoms with van der Waals surface area (Å²) in [6.07, 6.45) is 1.75. The number of nitrogens with zero attached hydrogens (tertiary/aromatic N) is 2. The van der Waals surface area contributed by atoms with Crippen molar-refractivity contribution in [2.45, 2.75) is 20.4 Å². The fourth-order valence-corrected chi connectivity index (χ4v) is 2.57. The summed E-state index contributed by atoms with van der Waals surface area (Å²) >= 11 is 0. The third-order valence-electron chi connectivity index (χ3n) is 4.23. The van der Waals surface area contributed by atoms with Gasteiger partial charge < -0.3 is 16.0 Å². The maximum Gasteiger partial charge on any atom is 0.224 e. The van der Waals surface area contributed by atoms with E-state index in [4.69, 9.17) is 10.7 Å². The van der Waals surface area contributed by atoms with Crippen molar-refractivity contribution in [2.75, 3.05) is 6.54 Å². The van der Waals surface area contributed by atoms with Crippen molar-refractivity contribution in [1.29, 1.82) is 0 Å². The van der Waals surface area contributed by atoms with Gasteiger partial charge in [0, 0.05) is 24.2 Å². The fraction of sp³-hybridized carbons (Fsp3) is 0.250. The standard InChI is InChI=1S/C20H23N5O/c1-13-6-8-15(9-7-13)18-19(16-5-3-4-10-22-16)25-17(24-18)12-23-20(26)14(2)11-21/h3-10,14H,11-12,21H2,1-2H3,(H,23,26)(H,24,25). The van der Waals surface area contributed by atoms with Gasteiger partial charge in [-0.25, -0.2) is 4.98 Å². The van der Waals surface area contributed by atoms with Crippen molar-refractivity contribution in [3.8, 4) is 22.6 Å². The largest absolute Gasteiger partial charge is 0.349 e. The number of pyridine rings is 1. The summed E-state index contributed by atoms with van der Waals surface area (Å²) < 4.78 is 0. The maximum atomic E-state index is 12.0. The van der Waals surface area contributed by atoms with Crippen molar-refractivity contribution in [3.63, 3.8) is 0 Å². The minimum absolute atomic E-state index is 0.0832. The number of benzene rings is 1. The first-order chi connectivity index (χ1) is 12.6. The average molecular weight is 349 g/mol. The normalized spacial score (nSPS) is 12.0. The topological polar surface area (TPSA) is 96.7 Å². The Kier molecular flexibility index (Phi) is 5.43. The molecule has 0 saturated carbocycles. The second kappa shape index (κ2) is 7.93. The van der Waals surface area contributed by atoms with Crippen LogP contribution in [0.25, 0.3) is 22.6 Å². The maximum absolute atomic E-state index is 12.0. The van der Waals surface area contributed by atoms with E-state index >= 15 is 0 Å². The first kappa shape index (κ1) is 17.8. The molecule has 0 aliphatic rings. The Morgan fingerprint density at radius 3 is 2.65 bits per heavy atom. The van der Waals surface area contributed by atoms with E-state index in [2.05, 4.69) is 27.4 Å². The Hall–Kier alpha value is -2.99. The smallest absolute Gasteiger partial charge is 0.224 e. The van der Waals surface area contributed by atoms with E-state index in [1.807, 2.05) is 37.3 Å². The second-order valence-corrected chi connectivity index (χ2v) is 6.34. The zero-order chi connectivity index (χ0) is 18.5. The molecule has 3 aromatic rings. The highest BCUT2D eigenvalue weighted by atomic mass is 16.1. The lowest BCUT2D eigenvalue weighted by Crippen LogP contribution is -2.33. The van der Waals surface area contributed by atoms with E-state index < -0.39 is 0 Å². The molecule has 0 radical (unpaired) electrons. The number of hydrogen-bond acceptors (Lipinski definition) is 4. The second-order valence-electron chi connectivity index (χ2n) is 6.34. The van der Waals surface area contributed by atoms with Crippen LogP contribution in [0.5, 0.6) is 0 Å². The molecule has 2 heterocycles. The number of nitrogens with one attached hydrogen (secondary N) is 2. The first-order valence-corrected chi connectivity index (χ1v) is 8.63. The van der Waals surface area contributed by atoms with Crippen LogP contribution in [-0.2, 0) is 11.3 Å². The molecule has 0 bridgehead atoms. The van der Waals surface area contributed by atoms with Crippen molar-refractivity contribution < 1.29 is 4.79 Å². The molecule has 0 aliphatic carbocycles. The highest BCUT2D eigenvalue weighted by Gasteiger charge is 2.16. The van der Waals surface area contributed by atoms with Crippen LogP contribution < -0.4 is 11.1 Å². The molecule has 0 spiro atoms. The quantitative estimate of drug-likeness (QED) is 0.637. The number of imidazole rings is 1. The van der Waals surface area contributed by atoms with Crippen LogP contribution in [0.4, 0.5) is 0 Å². The van der Waals surface area contributed by atoms with E-state index in [1.54, 1.807) is 13.1 Å². The minimum atomic E-state index is -0.225. The highest BCUT2D eigenvalue weighted by molar-refractivity contribution is 5.79. The first-order valence-electron chi connectivity index (χ1n) is 8.63. The predicted molar refractivity (Wildman–Crippen MR) is 102 cm³/mol. The minimum Gasteiger partial charge on any atom is -0.349 e. The number of amides is 1. The van der Waals surface area contributed by atoms with E-state index in [0.29, 0.717) is 18.9 Å². The van der Waals surface area contributed by atoms with Gasteiger partial charge in [0.05, 0.1) is 23.6 Å². The van der Waals surface area contributed by atoms with Crippen molar-refractivity contribution >= 4 is 5.91 Å². The van der Waals surface area contributed by atoms with Gasteiger partial charge in [-0.3, -0.25) is 9.78 Å². The Morgan fingerprint density at radius 1 is 1.23 bits per heavy atom. The SMILES string of the molecule is Cc1ccc(-c2nc(CNC(=O)C(C)CN)[nH]c2-c2ccccn2)cc1. The molecule has 2 aromatic heterocycles. The summed E-state index contributed by atoms with van der Waals surface area (Å²) in [5, 5.41) is 2.87. The molecule has 3 rings (SSSR count). The van der Waals surface area contributed by atoms with Crippen LogP contribution in [0, 0.1) is 12.8 Å². The number of rotatable bonds is 6. The summed E-state index contributed by atoms with van der Waals surface area (Å²) in [5.41, 5.74) is 10.2. The van der Waals surface area contributed by atoms with E-state index in [-0.39, 0.29) is 11.8 Å². The molecule has 1 amide bonds. The molecule has 1 atom stereocenters. The van der Waals surface area contributed by atoms with Crippen molar-refractivity contribution in [2.24, 2.45) is 11.7 Å². The number of H-pyrrole nitrogens is 1. The van der Waals surface area contributed by atoms with Crippen molar-refractivity contribution in [3.05, 3.63) is 60.0 Å². The Morgan fingerprint density at radius 2 is 2.00 bits per heavy atom. The number of hydrogen-bond donors (Lipinski definition) is 3. The lowest BCUT2D eigenvalue weighted by Gasteiger charge is -2.08.